The first-order valence-corrected chi connectivity index (χ1v) is 8.50. The number of nitrogens with two attached hydrogens (primary N) is 1. The Hall–Kier alpha value is -1.38. The van der Waals surface area contributed by atoms with Crippen LogP contribution in [0.3, 0.4) is 0 Å². The van der Waals surface area contributed by atoms with Gasteiger partial charge in [-0.15, -0.1) is 12.4 Å². The fourth-order valence-corrected chi connectivity index (χ4v) is 2.58. The summed E-state index contributed by atoms with van der Waals surface area (Å²) in [5.41, 5.74) is 6.02. The molecule has 9 heteroatoms. The van der Waals surface area contributed by atoms with Crippen molar-refractivity contribution >= 4 is 46.1 Å². The second-order valence-corrected chi connectivity index (χ2v) is 6.56. The average molecular weight is 421 g/mol. The van der Waals surface area contributed by atoms with E-state index in [0.717, 1.165) is 17.3 Å². The Morgan fingerprint density at radius 3 is 2.62 bits per heavy atom. The van der Waals surface area contributed by atoms with Crippen LogP contribution in [0.5, 0.6) is 0 Å². The molecule has 3 N–H and O–H groups in total. The molecule has 1 aromatic rings. The number of rotatable bonds is 4. The van der Waals surface area contributed by atoms with Gasteiger partial charge in [-0.05, 0) is 40.4 Å². The molecule has 1 aliphatic heterocycles. The zero-order valence-electron chi connectivity index (χ0n) is 13.7. The molecule has 1 aromatic heterocycles. The maximum absolute atomic E-state index is 12.5. The fraction of sp³-hybridized carbons (Fsp3) is 0.533. The monoisotopic (exact) mass is 419 g/mol. The van der Waals surface area contributed by atoms with Crippen molar-refractivity contribution in [2.45, 2.75) is 32.7 Å². The number of carbonyl (C=O) groups excluding carboxylic acids is 2. The van der Waals surface area contributed by atoms with E-state index in [-0.39, 0.29) is 30.3 Å². The molecule has 1 aliphatic rings. The SMILES string of the molecule is CCC(C)C(N)C(=O)N1CCCN1C(=O)Nc1ccc(Br)cn1.Cl. The predicted molar refractivity (Wildman–Crippen MR) is 98.7 cm³/mol. The number of anilines is 1. The van der Waals surface area contributed by atoms with Gasteiger partial charge in [-0.1, -0.05) is 20.3 Å². The van der Waals surface area contributed by atoms with E-state index in [0.29, 0.717) is 18.9 Å². The van der Waals surface area contributed by atoms with Gasteiger partial charge in [0.2, 0.25) is 0 Å². The van der Waals surface area contributed by atoms with Crippen molar-refractivity contribution < 1.29 is 9.59 Å². The fourth-order valence-electron chi connectivity index (χ4n) is 2.35. The van der Waals surface area contributed by atoms with Gasteiger partial charge in [0.1, 0.15) is 5.82 Å². The molecule has 24 heavy (non-hydrogen) atoms. The minimum absolute atomic E-state index is 0. The van der Waals surface area contributed by atoms with Crippen LogP contribution in [0.25, 0.3) is 0 Å². The Morgan fingerprint density at radius 1 is 1.38 bits per heavy atom. The van der Waals surface area contributed by atoms with Gasteiger partial charge in [0.05, 0.1) is 6.04 Å². The highest BCUT2D eigenvalue weighted by Gasteiger charge is 2.34. The van der Waals surface area contributed by atoms with Gasteiger partial charge in [0, 0.05) is 23.8 Å². The topological polar surface area (TPSA) is 91.6 Å². The zero-order chi connectivity index (χ0) is 17.0. The molecule has 2 heterocycles. The summed E-state index contributed by atoms with van der Waals surface area (Å²) in [6, 6.07) is 2.50. The molecule has 7 nitrogen and oxygen atoms in total. The van der Waals surface area contributed by atoms with Crippen molar-refractivity contribution in [1.82, 2.24) is 15.0 Å². The van der Waals surface area contributed by atoms with Crippen LogP contribution in [0, 0.1) is 5.92 Å². The van der Waals surface area contributed by atoms with E-state index >= 15 is 0 Å². The third-order valence-corrected chi connectivity index (χ3v) is 4.49. The molecule has 3 amide bonds. The predicted octanol–water partition coefficient (Wildman–Crippen LogP) is 2.62. The van der Waals surface area contributed by atoms with Crippen molar-refractivity contribution in [3.63, 3.8) is 0 Å². The van der Waals surface area contributed by atoms with E-state index in [1.165, 1.54) is 10.0 Å². The number of urea groups is 1. The molecule has 0 saturated carbocycles. The molecule has 1 fully saturated rings. The largest absolute Gasteiger partial charge is 0.341 e. The molecule has 0 bridgehead atoms. The minimum Gasteiger partial charge on any atom is -0.320 e. The van der Waals surface area contributed by atoms with Crippen LogP contribution < -0.4 is 11.1 Å². The smallest absolute Gasteiger partial charge is 0.320 e. The lowest BCUT2D eigenvalue weighted by Gasteiger charge is -2.31. The molecule has 2 rings (SSSR count). The van der Waals surface area contributed by atoms with E-state index in [1.54, 1.807) is 18.3 Å². The lowest BCUT2D eigenvalue weighted by atomic mass is 9.99. The maximum Gasteiger partial charge on any atom is 0.341 e. The highest BCUT2D eigenvalue weighted by Crippen LogP contribution is 2.17. The molecular weight excluding hydrogens is 398 g/mol. The summed E-state index contributed by atoms with van der Waals surface area (Å²) in [5, 5.41) is 5.56. The summed E-state index contributed by atoms with van der Waals surface area (Å²) < 4.78 is 0.827. The summed E-state index contributed by atoms with van der Waals surface area (Å²) in [6.45, 7) is 4.92. The van der Waals surface area contributed by atoms with E-state index in [1.807, 2.05) is 13.8 Å². The Bertz CT molecular complexity index is 571. The van der Waals surface area contributed by atoms with Gasteiger partial charge >= 0.3 is 6.03 Å². The van der Waals surface area contributed by atoms with Gasteiger partial charge < -0.3 is 5.73 Å². The number of halogens is 2. The van der Waals surface area contributed by atoms with Crippen molar-refractivity contribution in [3.8, 4) is 0 Å². The van der Waals surface area contributed by atoms with Crippen LogP contribution in [0.1, 0.15) is 26.7 Å². The first-order valence-electron chi connectivity index (χ1n) is 7.71. The number of hydrogen-bond acceptors (Lipinski definition) is 4. The Labute approximate surface area is 156 Å². The normalized spacial score (nSPS) is 16.3. The summed E-state index contributed by atoms with van der Waals surface area (Å²) >= 11 is 3.29. The molecule has 1 saturated heterocycles. The summed E-state index contributed by atoms with van der Waals surface area (Å²) in [7, 11) is 0. The molecule has 134 valence electrons. The van der Waals surface area contributed by atoms with Crippen LogP contribution in [0.2, 0.25) is 0 Å². The standard InChI is InChI=1S/C15H22BrN5O2.ClH/c1-3-10(2)13(17)14(22)20-7-4-8-21(20)15(23)19-12-6-5-11(16)9-18-12;/h5-6,9-10,13H,3-4,7-8,17H2,1-2H3,(H,18,19,23);1H. The highest BCUT2D eigenvalue weighted by atomic mass is 79.9. The van der Waals surface area contributed by atoms with Gasteiger partial charge in [-0.25, -0.2) is 19.8 Å². The summed E-state index contributed by atoms with van der Waals surface area (Å²) in [4.78, 5) is 29.0. The third-order valence-electron chi connectivity index (χ3n) is 4.02. The average Bonchev–Trinajstić information content (AvgIpc) is 3.04. The Balaban J connectivity index is 0.00000288. The molecule has 2 unspecified atom stereocenters. The maximum atomic E-state index is 12.5. The number of hydrogen-bond donors (Lipinski definition) is 2. The number of nitrogens with one attached hydrogen (secondary N) is 1. The van der Waals surface area contributed by atoms with Crippen molar-refractivity contribution in [1.29, 1.82) is 0 Å². The van der Waals surface area contributed by atoms with Gasteiger partial charge in [0.15, 0.2) is 0 Å². The van der Waals surface area contributed by atoms with E-state index in [9.17, 15) is 9.59 Å². The van der Waals surface area contributed by atoms with Gasteiger partial charge in [0.25, 0.3) is 5.91 Å². The second kappa shape index (κ2) is 9.19. The van der Waals surface area contributed by atoms with Crippen molar-refractivity contribution in [2.24, 2.45) is 11.7 Å². The molecule has 0 radical (unpaired) electrons. The number of pyridine rings is 1. The first-order chi connectivity index (χ1) is 10.9. The molecule has 0 spiro atoms. The summed E-state index contributed by atoms with van der Waals surface area (Å²) in [5.74, 6) is 0.292. The highest BCUT2D eigenvalue weighted by molar-refractivity contribution is 9.10. The Morgan fingerprint density at radius 2 is 2.04 bits per heavy atom. The third kappa shape index (κ3) is 4.81. The van der Waals surface area contributed by atoms with Crippen LogP contribution in [-0.4, -0.2) is 46.1 Å². The number of amides is 3. The molecule has 2 atom stereocenters. The summed E-state index contributed by atoms with van der Waals surface area (Å²) in [6.07, 6.45) is 3.15. The number of nitrogens with zero attached hydrogens (tertiary/aromatic N) is 3. The van der Waals surface area contributed by atoms with Crippen molar-refractivity contribution in [2.75, 3.05) is 18.4 Å². The van der Waals surface area contributed by atoms with E-state index < -0.39 is 6.04 Å². The number of aromatic nitrogens is 1. The van der Waals surface area contributed by atoms with E-state index in [2.05, 4.69) is 26.2 Å². The lowest BCUT2D eigenvalue weighted by Crippen LogP contribution is -2.53. The van der Waals surface area contributed by atoms with Crippen LogP contribution >= 0.6 is 28.3 Å². The minimum atomic E-state index is -0.598. The van der Waals surface area contributed by atoms with Crippen LogP contribution in [0.15, 0.2) is 22.8 Å². The van der Waals surface area contributed by atoms with Gasteiger partial charge in [-0.3, -0.25) is 10.1 Å². The quantitative estimate of drug-likeness (QED) is 0.783. The molecular formula is C15H23BrClN5O2. The second-order valence-electron chi connectivity index (χ2n) is 5.64. The van der Waals surface area contributed by atoms with Gasteiger partial charge in [-0.2, -0.15) is 0 Å². The van der Waals surface area contributed by atoms with E-state index in [4.69, 9.17) is 5.73 Å². The van der Waals surface area contributed by atoms with Crippen LogP contribution in [-0.2, 0) is 4.79 Å². The van der Waals surface area contributed by atoms with Crippen LogP contribution in [0.4, 0.5) is 10.6 Å². The lowest BCUT2D eigenvalue weighted by molar-refractivity contribution is -0.142. The number of carbonyl (C=O) groups is 2. The Kier molecular flexibility index (Phi) is 7.92. The zero-order valence-corrected chi connectivity index (χ0v) is 16.1. The molecule has 0 aromatic carbocycles. The van der Waals surface area contributed by atoms with Crippen molar-refractivity contribution in [3.05, 3.63) is 22.8 Å². The molecule has 0 aliphatic carbocycles. The first kappa shape index (κ1) is 20.7. The number of hydrazine groups is 1.